The summed E-state index contributed by atoms with van der Waals surface area (Å²) in [6.45, 7) is 1.85. The third-order valence-corrected chi connectivity index (χ3v) is 3.10. The lowest BCUT2D eigenvalue weighted by atomic mass is 10.1. The van der Waals surface area contributed by atoms with Crippen LogP contribution in [0.2, 0.25) is 0 Å². The van der Waals surface area contributed by atoms with Crippen LogP contribution in [0.25, 0.3) is 6.08 Å². The first-order valence-corrected chi connectivity index (χ1v) is 6.09. The molecule has 0 saturated carbocycles. The number of nitro groups is 1. The molecule has 1 aromatic carbocycles. The zero-order chi connectivity index (χ0) is 13.8. The Morgan fingerprint density at radius 2 is 2.05 bits per heavy atom. The van der Waals surface area contributed by atoms with Gasteiger partial charge in [0.1, 0.15) is 0 Å². The largest absolute Gasteiger partial charge is 0.371 e. The van der Waals surface area contributed by atoms with E-state index in [9.17, 15) is 14.9 Å². The number of benzene rings is 1. The number of nitrogens with two attached hydrogens (primary N) is 1. The molecule has 100 valence electrons. The summed E-state index contributed by atoms with van der Waals surface area (Å²) in [6, 6.07) is 4.67. The molecule has 1 fully saturated rings. The van der Waals surface area contributed by atoms with E-state index in [0.29, 0.717) is 5.56 Å². The molecule has 0 aliphatic carbocycles. The summed E-state index contributed by atoms with van der Waals surface area (Å²) < 4.78 is 0. The predicted octanol–water partition coefficient (Wildman–Crippen LogP) is 1.69. The number of nitrogens with zero attached hydrogens (tertiary/aromatic N) is 2. The summed E-state index contributed by atoms with van der Waals surface area (Å²) in [7, 11) is 0. The Hall–Kier alpha value is -2.37. The Balaban J connectivity index is 2.40. The van der Waals surface area contributed by atoms with Crippen LogP contribution in [0.4, 0.5) is 11.4 Å². The van der Waals surface area contributed by atoms with Crippen LogP contribution in [0.15, 0.2) is 24.3 Å². The van der Waals surface area contributed by atoms with Crippen LogP contribution in [0.5, 0.6) is 0 Å². The quantitative estimate of drug-likeness (QED) is 0.507. The fraction of sp³-hybridized carbons (Fsp3) is 0.308. The van der Waals surface area contributed by atoms with Crippen molar-refractivity contribution in [2.75, 3.05) is 18.0 Å². The fourth-order valence-corrected chi connectivity index (χ4v) is 2.21. The second-order valence-corrected chi connectivity index (χ2v) is 4.43. The Kier molecular flexibility index (Phi) is 3.79. The van der Waals surface area contributed by atoms with Crippen LogP contribution >= 0.6 is 0 Å². The highest BCUT2D eigenvalue weighted by molar-refractivity contribution is 5.91. The van der Waals surface area contributed by atoms with Crippen LogP contribution in [0, 0.1) is 10.1 Å². The summed E-state index contributed by atoms with van der Waals surface area (Å²) in [5.41, 5.74) is 6.63. The van der Waals surface area contributed by atoms with Gasteiger partial charge in [0.25, 0.3) is 5.69 Å². The monoisotopic (exact) mass is 261 g/mol. The Labute approximate surface area is 110 Å². The van der Waals surface area contributed by atoms with Crippen LogP contribution in [-0.2, 0) is 4.79 Å². The average molecular weight is 261 g/mol. The van der Waals surface area contributed by atoms with Crippen molar-refractivity contribution in [2.24, 2.45) is 5.73 Å². The lowest BCUT2D eigenvalue weighted by molar-refractivity contribution is -0.384. The lowest BCUT2D eigenvalue weighted by Gasteiger charge is -2.19. The number of rotatable bonds is 4. The Bertz CT molecular complexity index is 534. The van der Waals surface area contributed by atoms with Gasteiger partial charge < -0.3 is 10.6 Å². The van der Waals surface area contributed by atoms with Crippen molar-refractivity contribution >= 4 is 23.4 Å². The van der Waals surface area contributed by atoms with E-state index < -0.39 is 10.8 Å². The minimum atomic E-state index is -0.570. The van der Waals surface area contributed by atoms with Gasteiger partial charge in [-0.15, -0.1) is 0 Å². The summed E-state index contributed by atoms with van der Waals surface area (Å²) in [6.07, 6.45) is 4.97. The number of non-ortho nitro benzene ring substituents is 1. The number of amides is 1. The van der Waals surface area contributed by atoms with E-state index in [1.54, 1.807) is 6.07 Å². The second kappa shape index (κ2) is 5.51. The molecule has 1 amide bonds. The van der Waals surface area contributed by atoms with E-state index in [2.05, 4.69) is 4.90 Å². The van der Waals surface area contributed by atoms with Gasteiger partial charge in [0.05, 0.1) is 4.92 Å². The van der Waals surface area contributed by atoms with Crippen molar-refractivity contribution in [3.8, 4) is 0 Å². The first-order valence-electron chi connectivity index (χ1n) is 6.09. The zero-order valence-corrected chi connectivity index (χ0v) is 10.4. The van der Waals surface area contributed by atoms with Gasteiger partial charge in [0.2, 0.25) is 5.91 Å². The van der Waals surface area contributed by atoms with Gasteiger partial charge >= 0.3 is 0 Å². The molecule has 0 unspecified atom stereocenters. The van der Waals surface area contributed by atoms with Gasteiger partial charge in [-0.05, 0) is 25.0 Å². The number of anilines is 1. The Morgan fingerprint density at radius 3 is 2.63 bits per heavy atom. The van der Waals surface area contributed by atoms with Crippen molar-refractivity contribution in [2.45, 2.75) is 12.8 Å². The van der Waals surface area contributed by atoms with E-state index >= 15 is 0 Å². The molecule has 2 rings (SSSR count). The molecule has 0 bridgehead atoms. The number of hydrogen-bond acceptors (Lipinski definition) is 4. The number of carbonyl (C=O) groups is 1. The second-order valence-electron chi connectivity index (χ2n) is 4.43. The van der Waals surface area contributed by atoms with E-state index in [-0.39, 0.29) is 5.69 Å². The van der Waals surface area contributed by atoms with Crippen molar-refractivity contribution in [3.63, 3.8) is 0 Å². The molecule has 2 N–H and O–H groups in total. The van der Waals surface area contributed by atoms with E-state index in [0.717, 1.165) is 31.6 Å². The van der Waals surface area contributed by atoms with Crippen molar-refractivity contribution in [1.29, 1.82) is 0 Å². The van der Waals surface area contributed by atoms with Crippen molar-refractivity contribution < 1.29 is 9.72 Å². The third kappa shape index (κ3) is 3.09. The van der Waals surface area contributed by atoms with Gasteiger partial charge in [0.15, 0.2) is 0 Å². The average Bonchev–Trinajstić information content (AvgIpc) is 2.89. The van der Waals surface area contributed by atoms with Crippen molar-refractivity contribution in [3.05, 3.63) is 40.0 Å². The van der Waals surface area contributed by atoms with Crippen LogP contribution < -0.4 is 10.6 Å². The summed E-state index contributed by atoms with van der Waals surface area (Å²) >= 11 is 0. The molecule has 19 heavy (non-hydrogen) atoms. The summed E-state index contributed by atoms with van der Waals surface area (Å²) in [4.78, 5) is 23.3. The number of nitro benzene ring substituents is 1. The molecule has 1 saturated heterocycles. The topological polar surface area (TPSA) is 89.5 Å². The highest BCUT2D eigenvalue weighted by Gasteiger charge is 2.17. The molecule has 1 aliphatic heterocycles. The molecule has 1 aromatic rings. The maximum atomic E-state index is 10.8. The number of hydrogen-bond donors (Lipinski definition) is 1. The fourth-order valence-electron chi connectivity index (χ4n) is 2.21. The highest BCUT2D eigenvalue weighted by atomic mass is 16.6. The van der Waals surface area contributed by atoms with Crippen LogP contribution in [0.3, 0.4) is 0 Å². The van der Waals surface area contributed by atoms with Crippen molar-refractivity contribution in [1.82, 2.24) is 0 Å². The van der Waals surface area contributed by atoms with Gasteiger partial charge in [-0.1, -0.05) is 0 Å². The minimum absolute atomic E-state index is 0.00654. The first-order chi connectivity index (χ1) is 9.08. The van der Waals surface area contributed by atoms with E-state index in [4.69, 9.17) is 5.73 Å². The normalized spacial score (nSPS) is 15.1. The smallest absolute Gasteiger partial charge is 0.270 e. The number of carbonyl (C=O) groups excluding carboxylic acids is 1. The maximum Gasteiger partial charge on any atom is 0.270 e. The molecular weight excluding hydrogens is 246 g/mol. The molecule has 0 atom stereocenters. The molecule has 0 aromatic heterocycles. The number of primary amides is 1. The van der Waals surface area contributed by atoms with Gasteiger partial charge in [-0.2, -0.15) is 0 Å². The van der Waals surface area contributed by atoms with Gasteiger partial charge in [-0.3, -0.25) is 14.9 Å². The predicted molar refractivity (Wildman–Crippen MR) is 72.8 cm³/mol. The highest BCUT2D eigenvalue weighted by Crippen LogP contribution is 2.29. The zero-order valence-electron chi connectivity index (χ0n) is 10.4. The molecule has 0 radical (unpaired) electrons. The molecule has 1 aliphatic rings. The molecular formula is C13H15N3O3. The molecule has 1 heterocycles. The third-order valence-electron chi connectivity index (χ3n) is 3.10. The SMILES string of the molecule is NC(=O)/C=C/c1cc([N+](=O)[O-])ccc1N1CCCC1. The minimum Gasteiger partial charge on any atom is -0.371 e. The summed E-state index contributed by atoms with van der Waals surface area (Å²) in [5.74, 6) is -0.570. The van der Waals surface area contributed by atoms with Gasteiger partial charge in [0, 0.05) is 42.5 Å². The maximum absolute atomic E-state index is 10.8. The van der Waals surface area contributed by atoms with Crippen LogP contribution in [0.1, 0.15) is 18.4 Å². The van der Waals surface area contributed by atoms with E-state index in [1.807, 2.05) is 0 Å². The molecule has 6 heteroatoms. The first kappa shape index (κ1) is 13.1. The van der Waals surface area contributed by atoms with Crippen LogP contribution in [-0.4, -0.2) is 23.9 Å². The summed E-state index contributed by atoms with van der Waals surface area (Å²) in [5, 5.41) is 10.8. The standard InChI is InChI=1S/C13H15N3O3/c14-13(17)6-3-10-9-11(16(18)19)4-5-12(10)15-7-1-2-8-15/h3-6,9H,1-2,7-8H2,(H2,14,17)/b6-3+. The molecule has 6 nitrogen and oxygen atoms in total. The van der Waals surface area contributed by atoms with E-state index in [1.165, 1.54) is 24.3 Å². The Morgan fingerprint density at radius 1 is 1.37 bits per heavy atom. The van der Waals surface area contributed by atoms with Gasteiger partial charge in [-0.25, -0.2) is 0 Å². The molecule has 0 spiro atoms. The lowest BCUT2D eigenvalue weighted by Crippen LogP contribution is -2.18.